The van der Waals surface area contributed by atoms with Crippen molar-refractivity contribution in [3.8, 4) is 11.1 Å². The maximum atomic E-state index is 12.3. The average Bonchev–Trinajstić information content (AvgIpc) is 2.79. The lowest BCUT2D eigenvalue weighted by Crippen LogP contribution is -2.25. The standard InChI is InChI=1S/C28H40O3/c1-5-7-9-11-21-30-23(4)28(29)31-22(3)25-17-19-27(20-18-25)26-15-13-24(14-16-26)12-10-8-6-2/h13-20,22-23H,5-12,21H2,1-4H3. The fourth-order valence-electron chi connectivity index (χ4n) is 3.58. The minimum absolute atomic E-state index is 0.298. The van der Waals surface area contributed by atoms with Crippen LogP contribution >= 0.6 is 0 Å². The monoisotopic (exact) mass is 424 g/mol. The molecule has 0 aliphatic heterocycles. The molecule has 0 saturated heterocycles. The minimum atomic E-state index is -0.529. The Kier molecular flexibility index (Phi) is 11.4. The van der Waals surface area contributed by atoms with Crippen molar-refractivity contribution in [2.75, 3.05) is 6.61 Å². The number of carbonyl (C=O) groups is 1. The highest BCUT2D eigenvalue weighted by Crippen LogP contribution is 2.24. The second-order valence-electron chi connectivity index (χ2n) is 8.43. The molecule has 0 radical (unpaired) electrons. The van der Waals surface area contributed by atoms with Crippen molar-refractivity contribution in [2.24, 2.45) is 0 Å². The van der Waals surface area contributed by atoms with Crippen molar-refractivity contribution in [1.82, 2.24) is 0 Å². The summed E-state index contributed by atoms with van der Waals surface area (Å²) in [6.07, 6.45) is 8.65. The van der Waals surface area contributed by atoms with Crippen LogP contribution in [0.1, 0.15) is 89.9 Å². The van der Waals surface area contributed by atoms with Crippen LogP contribution in [0.5, 0.6) is 0 Å². The predicted molar refractivity (Wildman–Crippen MR) is 129 cm³/mol. The van der Waals surface area contributed by atoms with Crippen molar-refractivity contribution in [3.05, 3.63) is 59.7 Å². The number of rotatable bonds is 14. The summed E-state index contributed by atoms with van der Waals surface area (Å²) in [4.78, 5) is 12.3. The van der Waals surface area contributed by atoms with Gasteiger partial charge in [-0.2, -0.15) is 0 Å². The van der Waals surface area contributed by atoms with Crippen molar-refractivity contribution >= 4 is 5.97 Å². The second-order valence-corrected chi connectivity index (χ2v) is 8.43. The van der Waals surface area contributed by atoms with Crippen LogP contribution in [0.25, 0.3) is 11.1 Å². The first-order valence-corrected chi connectivity index (χ1v) is 12.1. The molecule has 2 aromatic carbocycles. The van der Waals surface area contributed by atoms with Crippen LogP contribution < -0.4 is 0 Å². The highest BCUT2D eigenvalue weighted by atomic mass is 16.6. The van der Waals surface area contributed by atoms with Gasteiger partial charge in [0.15, 0.2) is 6.10 Å². The van der Waals surface area contributed by atoms with Gasteiger partial charge in [-0.1, -0.05) is 94.5 Å². The van der Waals surface area contributed by atoms with E-state index in [1.807, 2.05) is 19.1 Å². The summed E-state index contributed by atoms with van der Waals surface area (Å²) < 4.78 is 11.3. The molecule has 0 aliphatic carbocycles. The van der Waals surface area contributed by atoms with E-state index in [1.54, 1.807) is 6.92 Å². The van der Waals surface area contributed by atoms with Gasteiger partial charge in [-0.05, 0) is 55.4 Å². The maximum absolute atomic E-state index is 12.3. The van der Waals surface area contributed by atoms with Gasteiger partial charge in [0, 0.05) is 6.61 Å². The van der Waals surface area contributed by atoms with E-state index in [1.165, 1.54) is 48.8 Å². The zero-order valence-corrected chi connectivity index (χ0v) is 19.9. The van der Waals surface area contributed by atoms with Gasteiger partial charge in [0.2, 0.25) is 0 Å². The Hall–Kier alpha value is -2.13. The van der Waals surface area contributed by atoms with E-state index in [-0.39, 0.29) is 12.1 Å². The van der Waals surface area contributed by atoms with Gasteiger partial charge in [-0.15, -0.1) is 0 Å². The van der Waals surface area contributed by atoms with Gasteiger partial charge in [0.05, 0.1) is 0 Å². The SMILES string of the molecule is CCCCCCOC(C)C(=O)OC(C)c1ccc(-c2ccc(CCCCC)cc2)cc1. The molecular formula is C28H40O3. The van der Waals surface area contributed by atoms with E-state index >= 15 is 0 Å². The zero-order chi connectivity index (χ0) is 22.5. The number of benzene rings is 2. The molecule has 3 nitrogen and oxygen atoms in total. The molecule has 0 saturated carbocycles. The van der Waals surface area contributed by atoms with Gasteiger partial charge < -0.3 is 9.47 Å². The summed E-state index contributed by atoms with van der Waals surface area (Å²) in [5.41, 5.74) is 4.77. The van der Waals surface area contributed by atoms with E-state index in [0.717, 1.165) is 24.8 Å². The van der Waals surface area contributed by atoms with E-state index in [9.17, 15) is 4.79 Å². The molecule has 3 heteroatoms. The highest BCUT2D eigenvalue weighted by Gasteiger charge is 2.19. The Morgan fingerprint density at radius 2 is 1.35 bits per heavy atom. The fourth-order valence-corrected chi connectivity index (χ4v) is 3.58. The largest absolute Gasteiger partial charge is 0.456 e. The fraction of sp³-hybridized carbons (Fsp3) is 0.536. The average molecular weight is 425 g/mol. The summed E-state index contributed by atoms with van der Waals surface area (Å²) in [5, 5.41) is 0. The van der Waals surface area contributed by atoms with E-state index in [0.29, 0.717) is 6.61 Å². The van der Waals surface area contributed by atoms with Crippen molar-refractivity contribution in [3.63, 3.8) is 0 Å². The molecule has 0 aliphatic rings. The van der Waals surface area contributed by atoms with Gasteiger partial charge in [0.25, 0.3) is 0 Å². The zero-order valence-electron chi connectivity index (χ0n) is 19.9. The summed E-state index contributed by atoms with van der Waals surface area (Å²) in [6.45, 7) is 8.70. The lowest BCUT2D eigenvalue weighted by atomic mass is 9.99. The number of hydrogen-bond donors (Lipinski definition) is 0. The summed E-state index contributed by atoms with van der Waals surface area (Å²) in [5.74, 6) is -0.300. The summed E-state index contributed by atoms with van der Waals surface area (Å²) >= 11 is 0. The van der Waals surface area contributed by atoms with Crippen LogP contribution in [-0.4, -0.2) is 18.7 Å². The normalized spacial score (nSPS) is 13.0. The number of hydrogen-bond acceptors (Lipinski definition) is 3. The lowest BCUT2D eigenvalue weighted by Gasteiger charge is -2.18. The molecule has 0 heterocycles. The Labute approximate surface area is 189 Å². The van der Waals surface area contributed by atoms with Crippen molar-refractivity contribution in [2.45, 2.75) is 91.3 Å². The molecule has 0 spiro atoms. The van der Waals surface area contributed by atoms with Crippen LogP contribution in [0.3, 0.4) is 0 Å². The molecule has 2 unspecified atom stereocenters. The van der Waals surface area contributed by atoms with Gasteiger partial charge in [-0.3, -0.25) is 0 Å². The molecule has 2 rings (SSSR count). The van der Waals surface area contributed by atoms with Crippen LogP contribution in [0.2, 0.25) is 0 Å². The van der Waals surface area contributed by atoms with Crippen molar-refractivity contribution in [1.29, 1.82) is 0 Å². The quantitative estimate of drug-likeness (QED) is 0.230. The summed E-state index contributed by atoms with van der Waals surface area (Å²) in [7, 11) is 0. The Morgan fingerprint density at radius 1 is 0.774 bits per heavy atom. The molecule has 0 aromatic heterocycles. The van der Waals surface area contributed by atoms with Gasteiger partial charge in [-0.25, -0.2) is 4.79 Å². The molecule has 0 N–H and O–H groups in total. The Morgan fingerprint density at radius 3 is 1.97 bits per heavy atom. The molecule has 2 atom stereocenters. The smallest absolute Gasteiger partial charge is 0.335 e. The van der Waals surface area contributed by atoms with Crippen molar-refractivity contribution < 1.29 is 14.3 Å². The van der Waals surface area contributed by atoms with Gasteiger partial charge in [0.1, 0.15) is 6.10 Å². The molecule has 170 valence electrons. The molecular weight excluding hydrogens is 384 g/mol. The van der Waals surface area contributed by atoms with E-state index < -0.39 is 6.10 Å². The lowest BCUT2D eigenvalue weighted by molar-refractivity contribution is -0.161. The van der Waals surface area contributed by atoms with Crippen LogP contribution in [0.15, 0.2) is 48.5 Å². The first-order valence-electron chi connectivity index (χ1n) is 12.1. The van der Waals surface area contributed by atoms with Crippen LogP contribution in [-0.2, 0) is 20.7 Å². The molecule has 0 bridgehead atoms. The topological polar surface area (TPSA) is 35.5 Å². The molecule has 31 heavy (non-hydrogen) atoms. The third-order valence-electron chi connectivity index (χ3n) is 5.73. The molecule has 0 fully saturated rings. The first kappa shape index (κ1) is 25.1. The number of ether oxygens (including phenoxy) is 2. The number of esters is 1. The number of carbonyl (C=O) groups excluding carboxylic acids is 1. The Balaban J connectivity index is 1.84. The maximum Gasteiger partial charge on any atom is 0.335 e. The third-order valence-corrected chi connectivity index (χ3v) is 5.73. The Bertz CT molecular complexity index is 749. The molecule has 0 amide bonds. The van der Waals surface area contributed by atoms with E-state index in [2.05, 4.69) is 50.2 Å². The van der Waals surface area contributed by atoms with Crippen LogP contribution in [0, 0.1) is 0 Å². The minimum Gasteiger partial charge on any atom is -0.456 e. The highest BCUT2D eigenvalue weighted by molar-refractivity contribution is 5.74. The molecule has 2 aromatic rings. The first-order chi connectivity index (χ1) is 15.0. The number of unbranched alkanes of at least 4 members (excludes halogenated alkanes) is 5. The third kappa shape index (κ3) is 8.86. The second kappa shape index (κ2) is 14.0. The summed E-state index contributed by atoms with van der Waals surface area (Å²) in [6, 6.07) is 17.1. The van der Waals surface area contributed by atoms with Gasteiger partial charge >= 0.3 is 5.97 Å². The predicted octanol–water partition coefficient (Wildman–Crippen LogP) is 7.68. The van der Waals surface area contributed by atoms with Crippen LogP contribution in [0.4, 0.5) is 0 Å². The number of aryl methyl sites for hydroxylation is 1. The van der Waals surface area contributed by atoms with E-state index in [4.69, 9.17) is 9.47 Å².